The molecule has 0 saturated heterocycles. The molecule has 0 aliphatic carbocycles. The van der Waals surface area contributed by atoms with Gasteiger partial charge in [0.15, 0.2) is 0 Å². The van der Waals surface area contributed by atoms with Crippen LogP contribution in [0.1, 0.15) is 40.4 Å². The van der Waals surface area contributed by atoms with Crippen molar-refractivity contribution in [3.8, 4) is 0 Å². The number of carbonyl (C=O) groups excluding carboxylic acids is 1. The van der Waals surface area contributed by atoms with Gasteiger partial charge in [-0.15, -0.1) is 0 Å². The molecular formula is C15H17FN2O4S. The van der Waals surface area contributed by atoms with E-state index in [-0.39, 0.29) is 27.5 Å². The van der Waals surface area contributed by atoms with Crippen molar-refractivity contribution < 1.29 is 22.0 Å². The summed E-state index contributed by atoms with van der Waals surface area (Å²) in [7, 11) is -4.13. The number of nitrogens with one attached hydrogen (secondary N) is 1. The zero-order chi connectivity index (χ0) is 17.4. The Morgan fingerprint density at radius 3 is 2.43 bits per heavy atom. The molecule has 1 heterocycles. The standard InChI is InChI=1S/C15H17FN2O4S/c1-8(11-6-4-5-7-12(11)16)18-15(19)13-9(2)22-10(3)14(13)23(17,20)21/h4-8H,1-3H3,(H,18,19)(H2,17,20,21)/t8-/m0/s1. The fraction of sp³-hybridized carbons (Fsp3) is 0.267. The molecule has 0 aliphatic rings. The fourth-order valence-electron chi connectivity index (χ4n) is 2.44. The number of carbonyl (C=O) groups is 1. The van der Waals surface area contributed by atoms with Crippen LogP contribution in [-0.2, 0) is 10.0 Å². The van der Waals surface area contributed by atoms with Gasteiger partial charge in [-0.3, -0.25) is 4.79 Å². The van der Waals surface area contributed by atoms with Crippen LogP contribution in [0, 0.1) is 19.7 Å². The minimum atomic E-state index is -4.13. The molecule has 0 unspecified atom stereocenters. The third-order valence-electron chi connectivity index (χ3n) is 3.44. The highest BCUT2D eigenvalue weighted by molar-refractivity contribution is 7.89. The largest absolute Gasteiger partial charge is 0.464 e. The van der Waals surface area contributed by atoms with Gasteiger partial charge in [-0.2, -0.15) is 0 Å². The lowest BCUT2D eigenvalue weighted by molar-refractivity contribution is 0.0935. The van der Waals surface area contributed by atoms with E-state index < -0.39 is 27.8 Å². The molecule has 1 amide bonds. The second-order valence-corrected chi connectivity index (χ2v) is 6.68. The maximum absolute atomic E-state index is 13.8. The predicted molar refractivity (Wildman–Crippen MR) is 81.8 cm³/mol. The summed E-state index contributed by atoms with van der Waals surface area (Å²) in [6.07, 6.45) is 0. The number of rotatable bonds is 4. The molecule has 0 saturated carbocycles. The first-order valence-electron chi connectivity index (χ1n) is 6.81. The van der Waals surface area contributed by atoms with E-state index in [1.165, 1.54) is 32.0 Å². The number of furan rings is 1. The van der Waals surface area contributed by atoms with Gasteiger partial charge in [0.05, 0.1) is 6.04 Å². The highest BCUT2D eigenvalue weighted by Gasteiger charge is 2.29. The molecule has 0 spiro atoms. The molecule has 6 nitrogen and oxygen atoms in total. The Kier molecular flexibility index (Phi) is 4.58. The summed E-state index contributed by atoms with van der Waals surface area (Å²) in [4.78, 5) is 12.1. The number of hydrogen-bond donors (Lipinski definition) is 2. The molecule has 124 valence electrons. The molecule has 2 rings (SSSR count). The molecule has 1 aromatic carbocycles. The molecule has 0 fully saturated rings. The van der Waals surface area contributed by atoms with Crippen molar-refractivity contribution >= 4 is 15.9 Å². The topological polar surface area (TPSA) is 102 Å². The van der Waals surface area contributed by atoms with Crippen molar-refractivity contribution in [1.29, 1.82) is 0 Å². The normalized spacial score (nSPS) is 12.9. The van der Waals surface area contributed by atoms with Gasteiger partial charge < -0.3 is 9.73 Å². The summed E-state index contributed by atoms with van der Waals surface area (Å²) in [5.41, 5.74) is 0.129. The van der Waals surface area contributed by atoms with Gasteiger partial charge in [0.2, 0.25) is 10.0 Å². The van der Waals surface area contributed by atoms with E-state index in [1.807, 2.05) is 0 Å². The van der Waals surface area contributed by atoms with Crippen LogP contribution in [0.15, 0.2) is 33.6 Å². The number of primary sulfonamides is 1. The molecule has 8 heteroatoms. The van der Waals surface area contributed by atoms with E-state index in [2.05, 4.69) is 5.32 Å². The van der Waals surface area contributed by atoms with Crippen LogP contribution >= 0.6 is 0 Å². The summed E-state index contributed by atoms with van der Waals surface area (Å²) in [5, 5.41) is 7.71. The molecule has 0 aliphatic heterocycles. The summed E-state index contributed by atoms with van der Waals surface area (Å²) in [5.74, 6) is -0.996. The molecular weight excluding hydrogens is 323 g/mol. The summed E-state index contributed by atoms with van der Waals surface area (Å²) in [6.45, 7) is 4.46. The van der Waals surface area contributed by atoms with Crippen LogP contribution in [0.25, 0.3) is 0 Å². The van der Waals surface area contributed by atoms with Crippen molar-refractivity contribution in [2.75, 3.05) is 0 Å². The van der Waals surface area contributed by atoms with Gasteiger partial charge in [-0.1, -0.05) is 18.2 Å². The average molecular weight is 340 g/mol. The Bertz CT molecular complexity index is 858. The minimum Gasteiger partial charge on any atom is -0.464 e. The van der Waals surface area contributed by atoms with Gasteiger partial charge in [0.1, 0.15) is 27.8 Å². The summed E-state index contributed by atoms with van der Waals surface area (Å²) < 4.78 is 42.3. The van der Waals surface area contributed by atoms with Gasteiger partial charge in [-0.25, -0.2) is 17.9 Å². The third kappa shape index (κ3) is 3.43. The zero-order valence-corrected chi connectivity index (χ0v) is 13.7. The lowest BCUT2D eigenvalue weighted by Crippen LogP contribution is -2.29. The van der Waals surface area contributed by atoms with Gasteiger partial charge >= 0.3 is 0 Å². The monoisotopic (exact) mass is 340 g/mol. The highest BCUT2D eigenvalue weighted by Crippen LogP contribution is 2.26. The van der Waals surface area contributed by atoms with E-state index in [0.29, 0.717) is 0 Å². The van der Waals surface area contributed by atoms with Crippen molar-refractivity contribution in [2.45, 2.75) is 31.7 Å². The number of hydrogen-bond acceptors (Lipinski definition) is 4. The second kappa shape index (κ2) is 6.13. The van der Waals surface area contributed by atoms with Gasteiger partial charge in [-0.05, 0) is 26.8 Å². The number of sulfonamides is 1. The lowest BCUT2D eigenvalue weighted by Gasteiger charge is -2.15. The fourth-order valence-corrected chi connectivity index (χ4v) is 3.40. The predicted octanol–water partition coefficient (Wildman–Crippen LogP) is 2.17. The average Bonchev–Trinajstić information content (AvgIpc) is 2.73. The SMILES string of the molecule is Cc1oc(C)c(S(N)(=O)=O)c1C(=O)N[C@@H](C)c1ccccc1F. The van der Waals surface area contributed by atoms with Crippen molar-refractivity contribution in [3.05, 3.63) is 52.7 Å². The Morgan fingerprint density at radius 2 is 1.87 bits per heavy atom. The van der Waals surface area contributed by atoms with E-state index in [4.69, 9.17) is 9.56 Å². The first-order chi connectivity index (χ1) is 10.6. The number of benzene rings is 1. The van der Waals surface area contributed by atoms with Gasteiger partial charge in [0, 0.05) is 5.56 Å². The maximum Gasteiger partial charge on any atom is 0.256 e. The first kappa shape index (κ1) is 17.2. The number of nitrogens with two attached hydrogens (primary N) is 1. The van der Waals surface area contributed by atoms with Crippen LogP contribution in [0.5, 0.6) is 0 Å². The molecule has 2 aromatic rings. The van der Waals surface area contributed by atoms with Crippen LogP contribution in [0.3, 0.4) is 0 Å². The Morgan fingerprint density at radius 1 is 1.26 bits per heavy atom. The first-order valence-corrected chi connectivity index (χ1v) is 8.35. The third-order valence-corrected chi connectivity index (χ3v) is 4.50. The van der Waals surface area contributed by atoms with E-state index in [9.17, 15) is 17.6 Å². The van der Waals surface area contributed by atoms with Crippen molar-refractivity contribution in [2.24, 2.45) is 5.14 Å². The molecule has 23 heavy (non-hydrogen) atoms. The van der Waals surface area contributed by atoms with Gasteiger partial charge in [0.25, 0.3) is 5.91 Å². The summed E-state index contributed by atoms with van der Waals surface area (Å²) >= 11 is 0. The maximum atomic E-state index is 13.8. The second-order valence-electron chi connectivity index (χ2n) is 5.18. The number of halogens is 1. The molecule has 1 aromatic heterocycles. The minimum absolute atomic E-state index is 0.0358. The van der Waals surface area contributed by atoms with Crippen LogP contribution in [0.2, 0.25) is 0 Å². The molecule has 3 N–H and O–H groups in total. The molecule has 0 bridgehead atoms. The Hall–Kier alpha value is -2.19. The number of aryl methyl sites for hydroxylation is 2. The Labute approximate surface area is 133 Å². The van der Waals surface area contributed by atoms with Crippen molar-refractivity contribution in [3.63, 3.8) is 0 Å². The van der Waals surface area contributed by atoms with Crippen LogP contribution < -0.4 is 10.5 Å². The Balaban J connectivity index is 2.38. The lowest BCUT2D eigenvalue weighted by atomic mass is 10.1. The van der Waals surface area contributed by atoms with Crippen LogP contribution in [0.4, 0.5) is 4.39 Å². The zero-order valence-electron chi connectivity index (χ0n) is 12.9. The van der Waals surface area contributed by atoms with E-state index >= 15 is 0 Å². The van der Waals surface area contributed by atoms with Crippen molar-refractivity contribution in [1.82, 2.24) is 5.32 Å². The smallest absolute Gasteiger partial charge is 0.256 e. The highest BCUT2D eigenvalue weighted by atomic mass is 32.2. The van der Waals surface area contributed by atoms with Crippen LogP contribution in [-0.4, -0.2) is 14.3 Å². The van der Waals surface area contributed by atoms with E-state index in [0.717, 1.165) is 0 Å². The summed E-state index contributed by atoms with van der Waals surface area (Å²) in [6, 6.07) is 5.34. The quantitative estimate of drug-likeness (QED) is 0.890. The molecule has 0 radical (unpaired) electrons. The number of amides is 1. The molecule has 1 atom stereocenters. The van der Waals surface area contributed by atoms with E-state index in [1.54, 1.807) is 13.0 Å².